The summed E-state index contributed by atoms with van der Waals surface area (Å²) in [5.74, 6) is 0.508. The fourth-order valence-electron chi connectivity index (χ4n) is 2.48. The average molecular weight is 353 g/mol. The van der Waals surface area contributed by atoms with Gasteiger partial charge < -0.3 is 10.5 Å². The summed E-state index contributed by atoms with van der Waals surface area (Å²) in [6.07, 6.45) is 0. The molecule has 128 valence electrons. The number of aromatic nitrogens is 1. The molecule has 6 heteroatoms. The minimum Gasteiger partial charge on any atom is -0.483 e. The molecule has 0 aliphatic heterocycles. The van der Waals surface area contributed by atoms with Gasteiger partial charge in [0, 0.05) is 16.6 Å². The van der Waals surface area contributed by atoms with E-state index in [0.717, 1.165) is 28.1 Å². The number of nitrogens with zero attached hydrogens (tertiary/aromatic N) is 1. The van der Waals surface area contributed by atoms with E-state index in [1.807, 2.05) is 61.7 Å². The summed E-state index contributed by atoms with van der Waals surface area (Å²) in [5, 5.41) is 5.19. The van der Waals surface area contributed by atoms with Crippen molar-refractivity contribution in [3.05, 3.63) is 59.0 Å². The Morgan fingerprint density at radius 2 is 1.92 bits per heavy atom. The Kier molecular flexibility index (Phi) is 5.00. The second-order valence-corrected chi connectivity index (χ2v) is 6.58. The third kappa shape index (κ3) is 4.16. The highest BCUT2D eigenvalue weighted by atomic mass is 32.1. The van der Waals surface area contributed by atoms with Crippen LogP contribution in [0.2, 0.25) is 0 Å². The number of benzene rings is 2. The molecule has 0 bridgehead atoms. The highest BCUT2D eigenvalue weighted by Gasteiger charge is 2.10. The van der Waals surface area contributed by atoms with Crippen LogP contribution in [-0.4, -0.2) is 17.5 Å². The molecule has 0 unspecified atom stereocenters. The Labute approximate surface area is 150 Å². The predicted molar refractivity (Wildman–Crippen MR) is 102 cm³/mol. The smallest absolute Gasteiger partial charge is 0.264 e. The molecule has 0 spiro atoms. The average Bonchev–Trinajstić information content (AvgIpc) is 3.03. The molecule has 0 radical (unpaired) electrons. The van der Waals surface area contributed by atoms with E-state index in [1.54, 1.807) is 0 Å². The first kappa shape index (κ1) is 17.0. The fourth-order valence-corrected chi connectivity index (χ4v) is 3.22. The van der Waals surface area contributed by atoms with Crippen molar-refractivity contribution in [3.8, 4) is 17.0 Å². The van der Waals surface area contributed by atoms with E-state index < -0.39 is 0 Å². The highest BCUT2D eigenvalue weighted by Crippen LogP contribution is 2.26. The number of thiazole rings is 1. The van der Waals surface area contributed by atoms with E-state index in [1.165, 1.54) is 11.3 Å². The van der Waals surface area contributed by atoms with Crippen LogP contribution in [0.25, 0.3) is 11.3 Å². The zero-order chi connectivity index (χ0) is 17.8. The zero-order valence-corrected chi connectivity index (χ0v) is 14.9. The third-order valence-electron chi connectivity index (χ3n) is 3.69. The first-order valence-electron chi connectivity index (χ1n) is 7.83. The van der Waals surface area contributed by atoms with Gasteiger partial charge in [-0.3, -0.25) is 10.1 Å². The Hall–Kier alpha value is -2.86. The number of hydrogen-bond donors (Lipinski definition) is 2. The summed E-state index contributed by atoms with van der Waals surface area (Å²) in [4.78, 5) is 16.5. The monoisotopic (exact) mass is 353 g/mol. The standard InChI is InChI=1S/C19H19N3O2S/c1-12-5-3-6-13(2)18(12)24-10-17(23)22-19-21-16(11-25-19)14-7-4-8-15(20)9-14/h3-9,11H,10,20H2,1-2H3,(H,21,22,23). The lowest BCUT2D eigenvalue weighted by Crippen LogP contribution is -2.20. The Bertz CT molecular complexity index is 885. The van der Waals surface area contributed by atoms with Gasteiger partial charge >= 0.3 is 0 Å². The van der Waals surface area contributed by atoms with E-state index in [9.17, 15) is 4.79 Å². The molecule has 3 aromatic rings. The first-order chi connectivity index (χ1) is 12.0. The Balaban J connectivity index is 1.62. The summed E-state index contributed by atoms with van der Waals surface area (Å²) >= 11 is 1.37. The maximum Gasteiger partial charge on any atom is 0.264 e. The minimum absolute atomic E-state index is 0.0567. The lowest BCUT2D eigenvalue weighted by Gasteiger charge is -2.11. The van der Waals surface area contributed by atoms with Crippen molar-refractivity contribution < 1.29 is 9.53 Å². The maximum absolute atomic E-state index is 12.1. The van der Waals surface area contributed by atoms with E-state index in [0.29, 0.717) is 10.8 Å². The SMILES string of the molecule is Cc1cccc(C)c1OCC(=O)Nc1nc(-c2cccc(N)c2)cs1. The number of rotatable bonds is 5. The minimum atomic E-state index is -0.240. The van der Waals surface area contributed by atoms with E-state index in [2.05, 4.69) is 10.3 Å². The molecule has 0 aliphatic carbocycles. The van der Waals surface area contributed by atoms with E-state index >= 15 is 0 Å². The normalized spacial score (nSPS) is 10.5. The quantitative estimate of drug-likeness (QED) is 0.679. The van der Waals surface area contributed by atoms with Crippen LogP contribution in [0.5, 0.6) is 5.75 Å². The number of nitrogen functional groups attached to an aromatic ring is 1. The number of carbonyl (C=O) groups is 1. The van der Waals surface area contributed by atoms with E-state index in [4.69, 9.17) is 10.5 Å². The molecule has 3 N–H and O–H groups in total. The first-order valence-corrected chi connectivity index (χ1v) is 8.71. The molecule has 3 rings (SSSR count). The fraction of sp³-hybridized carbons (Fsp3) is 0.158. The van der Waals surface area contributed by atoms with Gasteiger partial charge in [0.2, 0.25) is 0 Å². The van der Waals surface area contributed by atoms with Crippen LogP contribution in [0.15, 0.2) is 47.8 Å². The van der Waals surface area contributed by atoms with Crippen molar-refractivity contribution in [2.24, 2.45) is 0 Å². The van der Waals surface area contributed by atoms with Gasteiger partial charge in [-0.25, -0.2) is 4.98 Å². The molecule has 5 nitrogen and oxygen atoms in total. The summed E-state index contributed by atoms with van der Waals surface area (Å²) in [6.45, 7) is 3.86. The van der Waals surface area contributed by atoms with Gasteiger partial charge in [-0.15, -0.1) is 11.3 Å². The van der Waals surface area contributed by atoms with Crippen LogP contribution >= 0.6 is 11.3 Å². The van der Waals surface area contributed by atoms with Crippen LogP contribution in [0.4, 0.5) is 10.8 Å². The molecular weight excluding hydrogens is 334 g/mol. The number of nitrogens with one attached hydrogen (secondary N) is 1. The van der Waals surface area contributed by atoms with Crippen molar-refractivity contribution in [3.63, 3.8) is 0 Å². The lowest BCUT2D eigenvalue weighted by atomic mass is 10.1. The number of carbonyl (C=O) groups excluding carboxylic acids is 1. The molecule has 0 saturated heterocycles. The van der Waals surface area contributed by atoms with Gasteiger partial charge in [-0.05, 0) is 37.1 Å². The van der Waals surface area contributed by atoms with Crippen LogP contribution in [0, 0.1) is 13.8 Å². The summed E-state index contributed by atoms with van der Waals surface area (Å²) in [7, 11) is 0. The van der Waals surface area contributed by atoms with Crippen LogP contribution in [-0.2, 0) is 4.79 Å². The molecule has 0 atom stereocenters. The molecule has 1 aromatic heterocycles. The van der Waals surface area contributed by atoms with E-state index in [-0.39, 0.29) is 12.5 Å². The number of hydrogen-bond acceptors (Lipinski definition) is 5. The molecule has 1 amide bonds. The molecule has 0 saturated carbocycles. The van der Waals surface area contributed by atoms with Crippen molar-refractivity contribution in [1.29, 1.82) is 0 Å². The summed E-state index contributed by atoms with van der Waals surface area (Å²) in [5.41, 5.74) is 10.2. The summed E-state index contributed by atoms with van der Waals surface area (Å²) in [6, 6.07) is 13.4. The molecule has 0 aliphatic rings. The van der Waals surface area contributed by atoms with Crippen molar-refractivity contribution >= 4 is 28.1 Å². The number of anilines is 2. The highest BCUT2D eigenvalue weighted by molar-refractivity contribution is 7.14. The van der Waals surface area contributed by atoms with Crippen molar-refractivity contribution in [1.82, 2.24) is 4.98 Å². The second-order valence-electron chi connectivity index (χ2n) is 5.72. The second kappa shape index (κ2) is 7.36. The number of aryl methyl sites for hydroxylation is 2. The van der Waals surface area contributed by atoms with Gasteiger partial charge in [-0.2, -0.15) is 0 Å². The number of ether oxygens (including phenoxy) is 1. The van der Waals surface area contributed by atoms with Crippen LogP contribution in [0.3, 0.4) is 0 Å². The van der Waals surface area contributed by atoms with Gasteiger partial charge in [0.05, 0.1) is 5.69 Å². The molecule has 25 heavy (non-hydrogen) atoms. The van der Waals surface area contributed by atoms with Crippen molar-refractivity contribution in [2.75, 3.05) is 17.7 Å². The zero-order valence-electron chi connectivity index (χ0n) is 14.1. The number of amides is 1. The maximum atomic E-state index is 12.1. The summed E-state index contributed by atoms with van der Waals surface area (Å²) < 4.78 is 5.66. The lowest BCUT2D eigenvalue weighted by molar-refractivity contribution is -0.118. The molecule has 0 fully saturated rings. The van der Waals surface area contributed by atoms with Gasteiger partial charge in [0.25, 0.3) is 5.91 Å². The topological polar surface area (TPSA) is 77.2 Å². The molecule has 2 aromatic carbocycles. The molecular formula is C19H19N3O2S. The van der Waals surface area contributed by atoms with Gasteiger partial charge in [0.15, 0.2) is 11.7 Å². The van der Waals surface area contributed by atoms with Gasteiger partial charge in [-0.1, -0.05) is 30.3 Å². The van der Waals surface area contributed by atoms with Crippen LogP contribution < -0.4 is 15.8 Å². The predicted octanol–water partition coefficient (Wildman–Crippen LogP) is 4.03. The van der Waals surface area contributed by atoms with Gasteiger partial charge in [0.1, 0.15) is 5.75 Å². The Morgan fingerprint density at radius 3 is 2.64 bits per heavy atom. The van der Waals surface area contributed by atoms with Crippen LogP contribution in [0.1, 0.15) is 11.1 Å². The van der Waals surface area contributed by atoms with Crippen molar-refractivity contribution in [2.45, 2.75) is 13.8 Å². The number of nitrogens with two attached hydrogens (primary N) is 1. The number of para-hydroxylation sites is 1. The molecule has 1 heterocycles. The Morgan fingerprint density at radius 1 is 1.20 bits per heavy atom. The largest absolute Gasteiger partial charge is 0.483 e. The third-order valence-corrected chi connectivity index (χ3v) is 4.45.